The van der Waals surface area contributed by atoms with E-state index in [9.17, 15) is 16.8 Å². The highest BCUT2D eigenvalue weighted by Crippen LogP contribution is 2.27. The van der Waals surface area contributed by atoms with Crippen LogP contribution in [0.3, 0.4) is 0 Å². The molecule has 2 aliphatic heterocycles. The Kier molecular flexibility index (Phi) is 5.98. The first-order valence-corrected chi connectivity index (χ1v) is 12.7. The van der Waals surface area contributed by atoms with Gasteiger partial charge in [-0.25, -0.2) is 16.8 Å². The molecular weight excluding hydrogens is 388 g/mol. The van der Waals surface area contributed by atoms with Crippen LogP contribution in [0.25, 0.3) is 0 Å². The first-order chi connectivity index (χ1) is 12.6. The first kappa shape index (κ1) is 20.7. The zero-order valence-corrected chi connectivity index (χ0v) is 17.7. The Morgan fingerprint density at radius 1 is 1.19 bits per heavy atom. The Balaban J connectivity index is 1.74. The van der Waals surface area contributed by atoms with E-state index >= 15 is 0 Å². The van der Waals surface area contributed by atoms with Gasteiger partial charge in [-0.15, -0.1) is 0 Å². The van der Waals surface area contributed by atoms with Crippen LogP contribution in [-0.2, 0) is 31.1 Å². The molecule has 2 atom stereocenters. The number of rotatable bonds is 5. The van der Waals surface area contributed by atoms with E-state index in [1.54, 1.807) is 16.4 Å². The Morgan fingerprint density at radius 2 is 1.85 bits per heavy atom. The van der Waals surface area contributed by atoms with E-state index in [-0.39, 0.29) is 30.4 Å². The number of ether oxygens (including phenoxy) is 1. The second-order valence-corrected chi connectivity index (χ2v) is 11.9. The lowest BCUT2D eigenvalue weighted by atomic mass is 10.1. The number of fused-ring (bicyclic) bond motifs is 1. The quantitative estimate of drug-likeness (QED) is 0.711. The van der Waals surface area contributed by atoms with Crippen molar-refractivity contribution in [3.63, 3.8) is 0 Å². The van der Waals surface area contributed by atoms with E-state index in [0.29, 0.717) is 31.1 Å². The van der Waals surface area contributed by atoms with Crippen LogP contribution in [0.15, 0.2) is 29.2 Å². The largest absolute Gasteiger partial charge is 0.374 e. The molecule has 2 fully saturated rings. The van der Waals surface area contributed by atoms with Crippen LogP contribution >= 0.6 is 0 Å². The zero-order chi connectivity index (χ0) is 19.8. The van der Waals surface area contributed by atoms with Crippen LogP contribution in [-0.4, -0.2) is 76.4 Å². The normalized spacial score (nSPS) is 26.8. The van der Waals surface area contributed by atoms with Crippen molar-refractivity contribution in [3.8, 4) is 0 Å². The van der Waals surface area contributed by atoms with Crippen LogP contribution in [0.1, 0.15) is 19.4 Å². The molecule has 2 heterocycles. The fourth-order valence-corrected chi connectivity index (χ4v) is 6.05. The van der Waals surface area contributed by atoms with E-state index < -0.39 is 19.9 Å². The smallest absolute Gasteiger partial charge is 0.216 e. The van der Waals surface area contributed by atoms with Crippen molar-refractivity contribution < 1.29 is 21.6 Å². The maximum atomic E-state index is 12.6. The fourth-order valence-electron chi connectivity index (χ4n) is 3.74. The van der Waals surface area contributed by atoms with Crippen molar-refractivity contribution in [2.24, 2.45) is 5.92 Å². The second kappa shape index (κ2) is 7.79. The third kappa shape index (κ3) is 4.89. The van der Waals surface area contributed by atoms with Crippen molar-refractivity contribution in [3.05, 3.63) is 29.8 Å². The minimum Gasteiger partial charge on any atom is -0.374 e. The van der Waals surface area contributed by atoms with Gasteiger partial charge >= 0.3 is 0 Å². The van der Waals surface area contributed by atoms with Gasteiger partial charge in [0.05, 0.1) is 29.4 Å². The van der Waals surface area contributed by atoms with Gasteiger partial charge in [0.1, 0.15) is 0 Å². The van der Waals surface area contributed by atoms with Crippen molar-refractivity contribution >= 4 is 19.9 Å². The van der Waals surface area contributed by atoms with Gasteiger partial charge in [-0.2, -0.15) is 4.31 Å². The number of hydrogen-bond acceptors (Lipinski definition) is 6. The van der Waals surface area contributed by atoms with Gasteiger partial charge in [-0.1, -0.05) is 26.0 Å². The molecule has 0 radical (unpaired) electrons. The molecule has 0 aliphatic carbocycles. The topological polar surface area (TPSA) is 84.0 Å². The lowest BCUT2D eigenvalue weighted by Crippen LogP contribution is -2.47. The van der Waals surface area contributed by atoms with Gasteiger partial charge in [-0.3, -0.25) is 4.90 Å². The van der Waals surface area contributed by atoms with Crippen LogP contribution < -0.4 is 0 Å². The highest BCUT2D eigenvalue weighted by molar-refractivity contribution is 7.90. The molecule has 0 unspecified atom stereocenters. The zero-order valence-electron chi connectivity index (χ0n) is 16.0. The monoisotopic (exact) mass is 416 g/mol. The average molecular weight is 417 g/mol. The number of hydrogen-bond donors (Lipinski definition) is 0. The second-order valence-electron chi connectivity index (χ2n) is 7.87. The summed E-state index contributed by atoms with van der Waals surface area (Å²) in [5.41, 5.74) is 0.997. The van der Waals surface area contributed by atoms with Crippen LogP contribution in [0.2, 0.25) is 0 Å². The Bertz CT molecular complexity index is 866. The van der Waals surface area contributed by atoms with Gasteiger partial charge in [0.2, 0.25) is 10.0 Å². The molecule has 2 aliphatic rings. The fraction of sp³-hybridized carbons (Fsp3) is 0.667. The minimum absolute atomic E-state index is 0.0413. The van der Waals surface area contributed by atoms with Crippen molar-refractivity contribution in [2.45, 2.75) is 37.4 Å². The molecule has 7 nitrogen and oxygen atoms in total. The summed E-state index contributed by atoms with van der Waals surface area (Å²) in [6, 6.07) is 6.69. The maximum absolute atomic E-state index is 12.6. The SMILES string of the molecule is CC(C)CN1[C@@H]2CN(Cc3ccc(S(C)(=O)=O)cc3)C[C@@H]2OCCS1(=O)=O. The highest BCUT2D eigenvalue weighted by Gasteiger charge is 2.44. The van der Waals surface area contributed by atoms with E-state index in [1.807, 2.05) is 26.0 Å². The molecule has 0 N–H and O–H groups in total. The van der Waals surface area contributed by atoms with Crippen molar-refractivity contribution in [1.29, 1.82) is 0 Å². The molecule has 0 amide bonds. The molecular formula is C18H28N2O5S2. The van der Waals surface area contributed by atoms with Crippen molar-refractivity contribution in [2.75, 3.05) is 38.2 Å². The predicted molar refractivity (Wildman–Crippen MR) is 104 cm³/mol. The molecule has 27 heavy (non-hydrogen) atoms. The van der Waals surface area contributed by atoms with E-state index in [2.05, 4.69) is 4.90 Å². The van der Waals surface area contributed by atoms with E-state index in [0.717, 1.165) is 5.56 Å². The molecule has 3 rings (SSSR count). The third-order valence-corrected chi connectivity index (χ3v) is 7.96. The summed E-state index contributed by atoms with van der Waals surface area (Å²) < 4.78 is 56.0. The first-order valence-electron chi connectivity index (χ1n) is 9.19. The summed E-state index contributed by atoms with van der Waals surface area (Å²) in [4.78, 5) is 2.48. The van der Waals surface area contributed by atoms with Gasteiger partial charge in [0.15, 0.2) is 9.84 Å². The molecule has 152 valence electrons. The number of sulfone groups is 1. The molecule has 0 spiro atoms. The highest BCUT2D eigenvalue weighted by atomic mass is 32.2. The number of benzene rings is 1. The molecule has 2 saturated heterocycles. The summed E-state index contributed by atoms with van der Waals surface area (Å²) in [6.45, 7) is 6.69. The lowest BCUT2D eigenvalue weighted by Gasteiger charge is -2.29. The van der Waals surface area contributed by atoms with E-state index in [1.165, 1.54) is 6.26 Å². The molecule has 1 aromatic rings. The minimum atomic E-state index is -3.31. The maximum Gasteiger partial charge on any atom is 0.216 e. The Labute approximate surface area is 162 Å². The van der Waals surface area contributed by atoms with Crippen molar-refractivity contribution in [1.82, 2.24) is 9.21 Å². The number of sulfonamides is 1. The third-order valence-electron chi connectivity index (χ3n) is 5.02. The van der Waals surface area contributed by atoms with Crippen LogP contribution in [0.5, 0.6) is 0 Å². The summed E-state index contributed by atoms with van der Waals surface area (Å²) in [5.74, 6) is 0.288. The summed E-state index contributed by atoms with van der Waals surface area (Å²) in [7, 11) is -6.52. The van der Waals surface area contributed by atoms with Crippen LogP contribution in [0, 0.1) is 5.92 Å². The molecule has 0 saturated carbocycles. The standard InChI is InChI=1S/C18H28N2O5S2/c1-14(2)10-20-17-12-19(13-18(17)25-8-9-27(20,23)24)11-15-4-6-16(7-5-15)26(3,21)22/h4-7,14,17-18H,8-13H2,1-3H3/t17-,18+/m1/s1. The Morgan fingerprint density at radius 3 is 2.44 bits per heavy atom. The summed E-state index contributed by atoms with van der Waals surface area (Å²) in [5, 5.41) is 0. The van der Waals surface area contributed by atoms with Gasteiger partial charge < -0.3 is 4.74 Å². The van der Waals surface area contributed by atoms with Gasteiger partial charge in [-0.05, 0) is 23.6 Å². The predicted octanol–water partition coefficient (Wildman–Crippen LogP) is 0.961. The number of likely N-dealkylation sites (tertiary alicyclic amines) is 1. The van der Waals surface area contributed by atoms with Gasteiger partial charge in [0, 0.05) is 32.4 Å². The molecule has 0 bridgehead atoms. The lowest BCUT2D eigenvalue weighted by molar-refractivity contribution is 0.0454. The van der Waals surface area contributed by atoms with Crippen LogP contribution in [0.4, 0.5) is 0 Å². The molecule has 0 aromatic heterocycles. The summed E-state index contributed by atoms with van der Waals surface area (Å²) in [6.07, 6.45) is 1.06. The van der Waals surface area contributed by atoms with Gasteiger partial charge in [0.25, 0.3) is 0 Å². The average Bonchev–Trinajstić information content (AvgIpc) is 2.89. The number of nitrogens with zero attached hydrogens (tertiary/aromatic N) is 2. The Hall–Kier alpha value is -1.00. The summed E-state index contributed by atoms with van der Waals surface area (Å²) >= 11 is 0. The molecule has 9 heteroatoms. The molecule has 1 aromatic carbocycles. The van der Waals surface area contributed by atoms with E-state index in [4.69, 9.17) is 4.74 Å².